The molecule has 0 spiro atoms. The predicted molar refractivity (Wildman–Crippen MR) is 212 cm³/mol. The van der Waals surface area contributed by atoms with Crippen molar-refractivity contribution >= 4 is 65.6 Å². The molecule has 0 fully saturated rings. The summed E-state index contributed by atoms with van der Waals surface area (Å²) in [5.74, 6) is 0. The highest BCUT2D eigenvalue weighted by molar-refractivity contribution is 9.10. The van der Waals surface area contributed by atoms with Crippen LogP contribution in [0, 0.1) is 0 Å². The minimum Gasteiger partial charge on any atom is -0.310 e. The van der Waals surface area contributed by atoms with Gasteiger partial charge in [-0.05, 0) is 88.3 Å². The number of nitrogens with zero attached hydrogens (tertiary/aromatic N) is 2. The molecule has 0 aliphatic heterocycles. The number of halogens is 1. The van der Waals surface area contributed by atoms with Crippen LogP contribution in [0.3, 0.4) is 0 Å². The molecular weight excluding hydrogens is 660 g/mol. The summed E-state index contributed by atoms with van der Waals surface area (Å²) >= 11 is 3.89. The van der Waals surface area contributed by atoms with Crippen molar-refractivity contribution in [2.24, 2.45) is 0 Å². The van der Waals surface area contributed by atoms with Gasteiger partial charge in [0.15, 0.2) is 0 Å². The number of anilines is 3. The zero-order valence-electron chi connectivity index (χ0n) is 26.7. The van der Waals surface area contributed by atoms with Gasteiger partial charge in [-0.2, -0.15) is 0 Å². The summed E-state index contributed by atoms with van der Waals surface area (Å²) in [7, 11) is 0. The molecule has 9 aromatic rings. The average molecular weight is 692 g/mol. The van der Waals surface area contributed by atoms with Crippen LogP contribution < -0.4 is 4.90 Å². The van der Waals surface area contributed by atoms with Gasteiger partial charge in [0, 0.05) is 37.7 Å². The summed E-state index contributed by atoms with van der Waals surface area (Å²) in [5.41, 5.74) is 11.6. The van der Waals surface area contributed by atoms with Gasteiger partial charge in [-0.1, -0.05) is 143 Å². The van der Waals surface area contributed by atoms with E-state index < -0.39 is 0 Å². The fourth-order valence-electron chi connectivity index (χ4n) is 7.16. The van der Waals surface area contributed by atoms with Crippen molar-refractivity contribution in [3.8, 4) is 27.9 Å². The van der Waals surface area contributed by atoms with E-state index in [9.17, 15) is 0 Å². The first-order valence-corrected chi connectivity index (χ1v) is 17.3. The molecule has 232 valence electrons. The lowest BCUT2D eigenvalue weighted by Crippen LogP contribution is -2.11. The Morgan fingerprint density at radius 3 is 1.71 bits per heavy atom. The Kier molecular flexibility index (Phi) is 7.33. The lowest BCUT2D eigenvalue weighted by Gasteiger charge is -2.28. The summed E-state index contributed by atoms with van der Waals surface area (Å²) in [6.07, 6.45) is 0. The molecule has 0 saturated carbocycles. The normalized spacial score (nSPS) is 11.4. The second kappa shape index (κ2) is 12.3. The Morgan fingerprint density at radius 2 is 0.959 bits per heavy atom. The van der Waals surface area contributed by atoms with Gasteiger partial charge in [0.05, 0.1) is 16.7 Å². The molecule has 0 atom stereocenters. The van der Waals surface area contributed by atoms with Crippen molar-refractivity contribution in [3.05, 3.63) is 193 Å². The smallest absolute Gasteiger partial charge is 0.0541 e. The van der Waals surface area contributed by atoms with Gasteiger partial charge < -0.3 is 9.47 Å². The average Bonchev–Trinajstić information content (AvgIpc) is 3.50. The van der Waals surface area contributed by atoms with Crippen LogP contribution in [-0.4, -0.2) is 4.57 Å². The van der Waals surface area contributed by atoms with Gasteiger partial charge in [-0.15, -0.1) is 0 Å². The minimum absolute atomic E-state index is 1.02. The van der Waals surface area contributed by atoms with Crippen LogP contribution in [-0.2, 0) is 0 Å². The van der Waals surface area contributed by atoms with E-state index in [1.165, 1.54) is 43.7 Å². The van der Waals surface area contributed by atoms with Crippen molar-refractivity contribution < 1.29 is 0 Å². The lowest BCUT2D eigenvalue weighted by molar-refractivity contribution is 1.18. The first kappa shape index (κ1) is 29.3. The molecule has 1 aromatic heterocycles. The Morgan fingerprint density at radius 1 is 0.388 bits per heavy atom. The quantitative estimate of drug-likeness (QED) is 0.169. The fraction of sp³-hybridized carbons (Fsp3) is 0. The number of aromatic nitrogens is 1. The second-order valence-electron chi connectivity index (χ2n) is 12.4. The molecule has 0 amide bonds. The van der Waals surface area contributed by atoms with Crippen LogP contribution in [0.2, 0.25) is 0 Å². The van der Waals surface area contributed by atoms with Gasteiger partial charge in [-0.3, -0.25) is 0 Å². The Hall–Kier alpha value is -5.90. The molecule has 0 aliphatic carbocycles. The molecule has 8 aromatic carbocycles. The third-order valence-electron chi connectivity index (χ3n) is 9.40. The van der Waals surface area contributed by atoms with E-state index in [4.69, 9.17) is 0 Å². The van der Waals surface area contributed by atoms with E-state index in [1.807, 2.05) is 0 Å². The van der Waals surface area contributed by atoms with E-state index in [1.54, 1.807) is 0 Å². The minimum atomic E-state index is 1.02. The van der Waals surface area contributed by atoms with E-state index in [0.29, 0.717) is 0 Å². The molecule has 49 heavy (non-hydrogen) atoms. The number of hydrogen-bond donors (Lipinski definition) is 0. The molecule has 1 heterocycles. The maximum Gasteiger partial charge on any atom is 0.0541 e. The van der Waals surface area contributed by atoms with Gasteiger partial charge in [0.2, 0.25) is 0 Å². The number of hydrogen-bond acceptors (Lipinski definition) is 1. The topological polar surface area (TPSA) is 8.17 Å². The van der Waals surface area contributed by atoms with Gasteiger partial charge in [0.1, 0.15) is 0 Å². The fourth-order valence-corrected chi connectivity index (χ4v) is 7.64. The maximum atomic E-state index is 3.89. The predicted octanol–water partition coefficient (Wildman–Crippen LogP) is 13.5. The molecule has 0 radical (unpaired) electrons. The summed E-state index contributed by atoms with van der Waals surface area (Å²) in [6, 6.07) is 67.6. The van der Waals surface area contributed by atoms with Crippen LogP contribution in [0.1, 0.15) is 0 Å². The first-order chi connectivity index (χ1) is 24.2. The maximum absolute atomic E-state index is 3.89. The highest BCUT2D eigenvalue weighted by Crippen LogP contribution is 2.42. The van der Waals surface area contributed by atoms with Crippen LogP contribution in [0.15, 0.2) is 193 Å². The largest absolute Gasteiger partial charge is 0.310 e. The van der Waals surface area contributed by atoms with Crippen LogP contribution in [0.4, 0.5) is 17.1 Å². The molecule has 0 saturated heterocycles. The van der Waals surface area contributed by atoms with E-state index in [-0.39, 0.29) is 0 Å². The second-order valence-corrected chi connectivity index (χ2v) is 13.3. The van der Waals surface area contributed by atoms with E-state index in [2.05, 4.69) is 213 Å². The third-order valence-corrected chi connectivity index (χ3v) is 9.86. The molecule has 0 N–H and O–H groups in total. The van der Waals surface area contributed by atoms with Crippen molar-refractivity contribution in [1.29, 1.82) is 0 Å². The lowest BCUT2D eigenvalue weighted by atomic mass is 10.0. The Bertz CT molecular complexity index is 2560. The monoisotopic (exact) mass is 690 g/mol. The van der Waals surface area contributed by atoms with Gasteiger partial charge >= 0.3 is 0 Å². The third kappa shape index (κ3) is 5.29. The van der Waals surface area contributed by atoms with Gasteiger partial charge in [0.25, 0.3) is 0 Å². The Labute approximate surface area is 294 Å². The Balaban J connectivity index is 1.18. The molecule has 9 rings (SSSR count). The standard InChI is InChI=1S/C46H31BrN2/c47-37-28-36(33-24-26-38(27-25-33)49-45-21-8-6-19-42(45)43-20-7-9-22-46(43)49)30-40(31-37)48(44-23-11-15-34-14-4-5-18-41(34)44)39-17-10-16-35(29-39)32-12-2-1-3-13-32/h1-31H. The molecule has 3 heteroatoms. The van der Waals surface area contributed by atoms with Crippen molar-refractivity contribution in [2.45, 2.75) is 0 Å². The zero-order valence-corrected chi connectivity index (χ0v) is 28.3. The van der Waals surface area contributed by atoms with Crippen molar-refractivity contribution in [3.63, 3.8) is 0 Å². The number of para-hydroxylation sites is 2. The summed E-state index contributed by atoms with van der Waals surface area (Å²) in [5, 5.41) is 4.94. The van der Waals surface area contributed by atoms with E-state index >= 15 is 0 Å². The SMILES string of the molecule is Brc1cc(-c2ccc(-n3c4ccccc4c4ccccc43)cc2)cc(N(c2cccc(-c3ccccc3)c2)c2cccc3ccccc23)c1. The van der Waals surface area contributed by atoms with Crippen molar-refractivity contribution in [2.75, 3.05) is 4.90 Å². The molecule has 0 unspecified atom stereocenters. The van der Waals surface area contributed by atoms with E-state index in [0.717, 1.165) is 38.3 Å². The van der Waals surface area contributed by atoms with Crippen LogP contribution >= 0.6 is 15.9 Å². The molecule has 2 nitrogen and oxygen atoms in total. The van der Waals surface area contributed by atoms with Gasteiger partial charge in [-0.25, -0.2) is 0 Å². The first-order valence-electron chi connectivity index (χ1n) is 16.5. The van der Waals surface area contributed by atoms with Crippen LogP contribution in [0.25, 0.3) is 60.5 Å². The molecule has 0 bridgehead atoms. The van der Waals surface area contributed by atoms with Crippen LogP contribution in [0.5, 0.6) is 0 Å². The summed E-state index contributed by atoms with van der Waals surface area (Å²) in [4.78, 5) is 2.38. The number of fused-ring (bicyclic) bond motifs is 4. The molecular formula is C46H31BrN2. The van der Waals surface area contributed by atoms with Crippen molar-refractivity contribution in [1.82, 2.24) is 4.57 Å². The number of benzene rings is 8. The highest BCUT2D eigenvalue weighted by Gasteiger charge is 2.18. The zero-order chi connectivity index (χ0) is 32.7. The number of rotatable bonds is 6. The molecule has 0 aliphatic rings. The highest BCUT2D eigenvalue weighted by atomic mass is 79.9. The summed E-state index contributed by atoms with van der Waals surface area (Å²) < 4.78 is 3.39. The summed E-state index contributed by atoms with van der Waals surface area (Å²) in [6.45, 7) is 0.